The molecule has 0 saturated heterocycles. The molecule has 0 spiro atoms. The first-order valence-corrected chi connectivity index (χ1v) is 9.14. The predicted octanol–water partition coefficient (Wildman–Crippen LogP) is 4.32. The fourth-order valence-electron chi connectivity index (χ4n) is 3.46. The van der Waals surface area contributed by atoms with Gasteiger partial charge in [0.2, 0.25) is 5.78 Å². The van der Waals surface area contributed by atoms with E-state index in [4.69, 9.17) is 4.98 Å². The molecular weight excluding hydrogens is 296 g/mol. The summed E-state index contributed by atoms with van der Waals surface area (Å²) in [6.07, 6.45) is 3.43. The maximum absolute atomic E-state index is 4.90. The Labute approximate surface area is 145 Å². The van der Waals surface area contributed by atoms with Crippen LogP contribution in [0.15, 0.2) is 30.5 Å². The maximum Gasteiger partial charge on any atom is 0.215 e. The van der Waals surface area contributed by atoms with Crippen LogP contribution in [0.1, 0.15) is 46.7 Å². The molecule has 3 rings (SSSR count). The van der Waals surface area contributed by atoms with Gasteiger partial charge in [-0.05, 0) is 38.2 Å². The zero-order valence-electron chi connectivity index (χ0n) is 15.7. The molecular formula is C20H30N4. The molecule has 2 heterocycles. The molecule has 0 bridgehead atoms. The SMILES string of the molecule is CCN(CC)CCCn1c(C(C)(C)C)cn2c3ccccc3nc12. The Kier molecular flexibility index (Phi) is 4.68. The topological polar surface area (TPSA) is 25.5 Å². The van der Waals surface area contributed by atoms with E-state index < -0.39 is 0 Å². The van der Waals surface area contributed by atoms with Crippen molar-refractivity contribution < 1.29 is 0 Å². The number of para-hydroxylation sites is 2. The molecule has 4 heteroatoms. The zero-order valence-corrected chi connectivity index (χ0v) is 15.7. The van der Waals surface area contributed by atoms with Gasteiger partial charge < -0.3 is 9.47 Å². The molecule has 3 aromatic rings. The number of aromatic nitrogens is 3. The molecule has 0 aliphatic heterocycles. The van der Waals surface area contributed by atoms with Gasteiger partial charge in [-0.25, -0.2) is 4.98 Å². The molecule has 0 atom stereocenters. The monoisotopic (exact) mass is 326 g/mol. The van der Waals surface area contributed by atoms with Crippen molar-refractivity contribution in [2.75, 3.05) is 19.6 Å². The summed E-state index contributed by atoms with van der Waals surface area (Å²) in [5.74, 6) is 1.07. The maximum atomic E-state index is 4.90. The van der Waals surface area contributed by atoms with Gasteiger partial charge in [0, 0.05) is 23.9 Å². The molecule has 0 unspecified atom stereocenters. The number of fused-ring (bicyclic) bond motifs is 3. The highest BCUT2D eigenvalue weighted by Crippen LogP contribution is 2.28. The molecule has 130 valence electrons. The van der Waals surface area contributed by atoms with E-state index in [9.17, 15) is 0 Å². The molecule has 0 aliphatic rings. The number of benzene rings is 1. The number of hydrogen-bond donors (Lipinski definition) is 0. The van der Waals surface area contributed by atoms with Crippen LogP contribution in [0.3, 0.4) is 0 Å². The Bertz CT molecular complexity index is 815. The van der Waals surface area contributed by atoms with E-state index in [1.165, 1.54) is 11.2 Å². The molecule has 0 fully saturated rings. The molecule has 0 amide bonds. The Hall–Kier alpha value is -1.81. The van der Waals surface area contributed by atoms with Crippen LogP contribution in [-0.4, -0.2) is 38.5 Å². The van der Waals surface area contributed by atoms with Gasteiger partial charge in [-0.15, -0.1) is 0 Å². The summed E-state index contributed by atoms with van der Waals surface area (Å²) >= 11 is 0. The highest BCUT2D eigenvalue weighted by molar-refractivity contribution is 5.79. The van der Waals surface area contributed by atoms with E-state index in [2.05, 4.69) is 78.9 Å². The fraction of sp³-hybridized carbons (Fsp3) is 0.550. The lowest BCUT2D eigenvalue weighted by molar-refractivity contribution is 0.292. The summed E-state index contributed by atoms with van der Waals surface area (Å²) in [7, 11) is 0. The minimum atomic E-state index is 0.108. The smallest absolute Gasteiger partial charge is 0.215 e. The summed E-state index contributed by atoms with van der Waals surface area (Å²) in [6.45, 7) is 15.7. The predicted molar refractivity (Wildman–Crippen MR) is 102 cm³/mol. The number of hydrogen-bond acceptors (Lipinski definition) is 2. The second-order valence-electron chi connectivity index (χ2n) is 7.57. The number of imidazole rings is 2. The number of aryl methyl sites for hydroxylation is 1. The van der Waals surface area contributed by atoms with Gasteiger partial charge >= 0.3 is 0 Å². The van der Waals surface area contributed by atoms with Crippen molar-refractivity contribution in [3.8, 4) is 0 Å². The first-order chi connectivity index (χ1) is 11.5. The van der Waals surface area contributed by atoms with E-state index in [0.717, 1.165) is 43.9 Å². The van der Waals surface area contributed by atoms with E-state index in [-0.39, 0.29) is 5.41 Å². The van der Waals surface area contributed by atoms with Crippen LogP contribution in [-0.2, 0) is 12.0 Å². The van der Waals surface area contributed by atoms with Crippen LogP contribution in [0.5, 0.6) is 0 Å². The van der Waals surface area contributed by atoms with E-state index in [1.807, 2.05) is 0 Å². The average molecular weight is 326 g/mol. The van der Waals surface area contributed by atoms with Crippen LogP contribution in [0.4, 0.5) is 0 Å². The summed E-state index contributed by atoms with van der Waals surface area (Å²) < 4.78 is 4.68. The minimum absolute atomic E-state index is 0.108. The van der Waals surface area contributed by atoms with Crippen molar-refractivity contribution in [1.82, 2.24) is 18.9 Å². The summed E-state index contributed by atoms with van der Waals surface area (Å²) in [5, 5.41) is 0. The lowest BCUT2D eigenvalue weighted by Crippen LogP contribution is -2.25. The largest absolute Gasteiger partial charge is 0.313 e. The lowest BCUT2D eigenvalue weighted by atomic mass is 9.92. The zero-order chi connectivity index (χ0) is 17.3. The molecule has 1 aromatic carbocycles. The Morgan fingerprint density at radius 2 is 1.79 bits per heavy atom. The number of rotatable bonds is 6. The van der Waals surface area contributed by atoms with Gasteiger partial charge in [0.1, 0.15) is 0 Å². The van der Waals surface area contributed by atoms with E-state index in [0.29, 0.717) is 0 Å². The highest BCUT2D eigenvalue weighted by atomic mass is 15.2. The summed E-state index contributed by atoms with van der Waals surface area (Å²) in [5.41, 5.74) is 3.73. The van der Waals surface area contributed by atoms with E-state index >= 15 is 0 Å². The molecule has 0 radical (unpaired) electrons. The summed E-state index contributed by atoms with van der Waals surface area (Å²) in [6, 6.07) is 8.40. The Balaban J connectivity index is 1.99. The Morgan fingerprint density at radius 3 is 2.46 bits per heavy atom. The van der Waals surface area contributed by atoms with Crippen molar-refractivity contribution >= 4 is 16.8 Å². The Morgan fingerprint density at radius 1 is 1.08 bits per heavy atom. The van der Waals surface area contributed by atoms with Crippen molar-refractivity contribution in [2.45, 2.75) is 53.0 Å². The van der Waals surface area contributed by atoms with Crippen LogP contribution >= 0.6 is 0 Å². The fourth-order valence-corrected chi connectivity index (χ4v) is 3.46. The van der Waals surface area contributed by atoms with Gasteiger partial charge in [0.15, 0.2) is 0 Å². The standard InChI is InChI=1S/C20H30N4/c1-6-22(7-2)13-10-14-23-18(20(3,4)5)15-24-17-12-9-8-11-16(17)21-19(23)24/h8-9,11-12,15H,6-7,10,13-14H2,1-5H3. The van der Waals surface area contributed by atoms with E-state index in [1.54, 1.807) is 0 Å². The lowest BCUT2D eigenvalue weighted by Gasteiger charge is -2.22. The second-order valence-corrected chi connectivity index (χ2v) is 7.57. The van der Waals surface area contributed by atoms with Crippen LogP contribution in [0, 0.1) is 0 Å². The molecule has 0 N–H and O–H groups in total. The van der Waals surface area contributed by atoms with Gasteiger partial charge in [-0.3, -0.25) is 4.40 Å². The number of nitrogens with zero attached hydrogens (tertiary/aromatic N) is 4. The molecule has 4 nitrogen and oxygen atoms in total. The second kappa shape index (κ2) is 6.60. The van der Waals surface area contributed by atoms with Crippen molar-refractivity contribution in [1.29, 1.82) is 0 Å². The third-order valence-electron chi connectivity index (χ3n) is 4.88. The van der Waals surface area contributed by atoms with Gasteiger partial charge in [-0.2, -0.15) is 0 Å². The quantitative estimate of drug-likeness (QED) is 0.674. The molecule has 0 saturated carbocycles. The first-order valence-electron chi connectivity index (χ1n) is 9.14. The van der Waals surface area contributed by atoms with Gasteiger partial charge in [0.05, 0.1) is 11.0 Å². The van der Waals surface area contributed by atoms with Crippen molar-refractivity contribution in [3.05, 3.63) is 36.2 Å². The molecule has 2 aromatic heterocycles. The summed E-state index contributed by atoms with van der Waals surface area (Å²) in [4.78, 5) is 7.39. The normalized spacial score (nSPS) is 12.8. The van der Waals surface area contributed by atoms with Crippen LogP contribution < -0.4 is 0 Å². The third-order valence-corrected chi connectivity index (χ3v) is 4.88. The highest BCUT2D eigenvalue weighted by Gasteiger charge is 2.23. The first kappa shape index (κ1) is 17.0. The van der Waals surface area contributed by atoms with Crippen LogP contribution in [0.25, 0.3) is 16.8 Å². The minimum Gasteiger partial charge on any atom is -0.313 e. The van der Waals surface area contributed by atoms with Crippen LogP contribution in [0.2, 0.25) is 0 Å². The third kappa shape index (κ3) is 3.07. The molecule has 0 aliphatic carbocycles. The molecule has 24 heavy (non-hydrogen) atoms. The average Bonchev–Trinajstić information content (AvgIpc) is 3.08. The van der Waals surface area contributed by atoms with Crippen molar-refractivity contribution in [3.63, 3.8) is 0 Å². The van der Waals surface area contributed by atoms with Gasteiger partial charge in [-0.1, -0.05) is 46.8 Å². The van der Waals surface area contributed by atoms with Crippen molar-refractivity contribution in [2.24, 2.45) is 0 Å². The van der Waals surface area contributed by atoms with Gasteiger partial charge in [0.25, 0.3) is 0 Å².